The van der Waals surface area contributed by atoms with E-state index in [2.05, 4.69) is 4.74 Å². The van der Waals surface area contributed by atoms with Crippen LogP contribution in [0.25, 0.3) is 20.7 Å². The van der Waals surface area contributed by atoms with Crippen molar-refractivity contribution < 1.29 is 47.3 Å². The lowest BCUT2D eigenvalue weighted by atomic mass is 9.51. The number of anilines is 1. The van der Waals surface area contributed by atoms with Crippen LogP contribution >= 0.6 is 22.9 Å². The summed E-state index contributed by atoms with van der Waals surface area (Å²) in [5.41, 5.74) is 0.946. The Hall–Kier alpha value is -5.67. The van der Waals surface area contributed by atoms with E-state index in [1.807, 2.05) is 19.1 Å². The summed E-state index contributed by atoms with van der Waals surface area (Å²) in [6.45, 7) is 3.58. The first-order valence-corrected chi connectivity index (χ1v) is 20.2. The lowest BCUT2D eigenvalue weighted by Crippen LogP contribution is -2.49. The summed E-state index contributed by atoms with van der Waals surface area (Å²) in [5.74, 6) is -7.67. The summed E-state index contributed by atoms with van der Waals surface area (Å²) in [5, 5.41) is 27.3. The fourth-order valence-corrected chi connectivity index (χ4v) is 11.3. The van der Waals surface area contributed by atoms with E-state index in [0.717, 1.165) is 49.2 Å². The summed E-state index contributed by atoms with van der Waals surface area (Å²) in [6, 6.07) is 16.6. The minimum Gasteiger partial charge on any atom is -0.508 e. The second kappa shape index (κ2) is 13.7. The summed E-state index contributed by atoms with van der Waals surface area (Å²) < 4.78 is 47.3. The minimum atomic E-state index is -5.07. The highest BCUT2D eigenvalue weighted by Gasteiger charge is 2.68. The van der Waals surface area contributed by atoms with Crippen molar-refractivity contribution in [2.24, 2.45) is 36.1 Å². The van der Waals surface area contributed by atoms with Crippen LogP contribution in [0.2, 0.25) is 5.02 Å². The number of halogens is 4. The van der Waals surface area contributed by atoms with E-state index in [4.69, 9.17) is 16.7 Å². The lowest BCUT2D eigenvalue weighted by Gasteiger charge is -2.49. The van der Waals surface area contributed by atoms with Gasteiger partial charge in [0.1, 0.15) is 28.8 Å². The predicted molar refractivity (Wildman–Crippen MR) is 212 cm³/mol. The Bertz CT molecular complexity index is 2660. The number of phenols is 2. The molecule has 2 aliphatic heterocycles. The molecule has 11 nitrogen and oxygen atoms in total. The molecule has 0 spiro atoms. The highest BCUT2D eigenvalue weighted by Crippen LogP contribution is 2.64. The van der Waals surface area contributed by atoms with Crippen molar-refractivity contribution in [1.29, 1.82) is 0 Å². The van der Waals surface area contributed by atoms with Crippen molar-refractivity contribution in [3.8, 4) is 27.8 Å². The molecular weight excluding hydrogens is 809 g/mol. The van der Waals surface area contributed by atoms with Crippen LogP contribution in [0.5, 0.6) is 17.2 Å². The second-order valence-electron chi connectivity index (χ2n) is 15.9. The molecule has 9 rings (SSSR count). The third-order valence-corrected chi connectivity index (χ3v) is 14.2. The minimum absolute atomic E-state index is 0.00765. The average Bonchev–Trinajstić information content (AvgIpc) is 3.85. The Morgan fingerprint density at radius 1 is 0.966 bits per heavy atom. The molecule has 2 aromatic heterocycles. The predicted octanol–water partition coefficient (Wildman–Crippen LogP) is 8.05. The number of aromatic hydroxyl groups is 2. The zero-order chi connectivity index (χ0) is 41.9. The number of allylic oxidation sites excluding steroid dienone is 2. The number of rotatable bonds is 7. The number of amides is 4. The van der Waals surface area contributed by atoms with Crippen molar-refractivity contribution in [2.75, 3.05) is 11.4 Å². The van der Waals surface area contributed by atoms with E-state index < -0.39 is 70.6 Å². The van der Waals surface area contributed by atoms with Gasteiger partial charge in [0.05, 0.1) is 28.0 Å². The van der Waals surface area contributed by atoms with Gasteiger partial charge in [0.15, 0.2) is 0 Å². The maximum Gasteiger partial charge on any atom is 0.573 e. The van der Waals surface area contributed by atoms with Gasteiger partial charge in [0, 0.05) is 40.9 Å². The van der Waals surface area contributed by atoms with E-state index >= 15 is 4.79 Å². The van der Waals surface area contributed by atoms with Crippen molar-refractivity contribution >= 4 is 62.5 Å². The zero-order valence-corrected chi connectivity index (χ0v) is 33.4. The number of imide groups is 2. The van der Waals surface area contributed by atoms with Crippen LogP contribution in [0.1, 0.15) is 42.4 Å². The zero-order valence-electron chi connectivity index (χ0n) is 31.8. The molecule has 0 radical (unpaired) electrons. The third-order valence-electron chi connectivity index (χ3n) is 12.7. The van der Waals surface area contributed by atoms with Crippen LogP contribution in [0.3, 0.4) is 0 Å². The Morgan fingerprint density at radius 3 is 2.44 bits per heavy atom. The molecule has 3 aromatic carbocycles. The number of ether oxygens (including phenoxy) is 1. The van der Waals surface area contributed by atoms with Crippen LogP contribution in [-0.4, -0.2) is 61.4 Å². The number of fused-ring (bicyclic) bond motifs is 5. The van der Waals surface area contributed by atoms with Crippen molar-refractivity contribution in [2.45, 2.75) is 45.4 Å². The molecule has 2 N–H and O–H groups in total. The van der Waals surface area contributed by atoms with Gasteiger partial charge in [-0.1, -0.05) is 35.4 Å². The Balaban J connectivity index is 1.13. The molecule has 0 bridgehead atoms. The maximum absolute atomic E-state index is 15.1. The van der Waals surface area contributed by atoms with Gasteiger partial charge < -0.3 is 14.9 Å². The number of nitrogens with zero attached hydrogens (tertiary/aromatic N) is 4. The highest BCUT2D eigenvalue weighted by molar-refractivity contribution is 7.22. The largest absolute Gasteiger partial charge is 0.573 e. The molecule has 3 fully saturated rings. The number of carbonyl (C=O) groups is 4. The molecule has 2 saturated heterocycles. The highest BCUT2D eigenvalue weighted by atomic mass is 35.5. The van der Waals surface area contributed by atoms with Crippen LogP contribution in [-0.2, 0) is 32.6 Å². The molecule has 6 atom stereocenters. The number of likely N-dealkylation sites (tertiary alicyclic amines) is 1. The number of alkyl halides is 3. The van der Waals surface area contributed by atoms with E-state index in [1.54, 1.807) is 44.3 Å². The molecule has 304 valence electrons. The number of hydrogen-bond donors (Lipinski definition) is 2. The first-order chi connectivity index (χ1) is 28.0. The van der Waals surface area contributed by atoms with Crippen LogP contribution in [0.15, 0.2) is 78.4 Å². The van der Waals surface area contributed by atoms with Gasteiger partial charge >= 0.3 is 6.36 Å². The van der Waals surface area contributed by atoms with E-state index in [9.17, 15) is 37.8 Å². The van der Waals surface area contributed by atoms with Gasteiger partial charge in [0.25, 0.3) is 0 Å². The summed E-state index contributed by atoms with van der Waals surface area (Å²) in [7, 11) is 1.60. The van der Waals surface area contributed by atoms with Gasteiger partial charge in [-0.05, 0) is 104 Å². The van der Waals surface area contributed by atoms with E-state index in [1.165, 1.54) is 33.1 Å². The number of aromatic nitrogens is 2. The number of benzene rings is 3. The first-order valence-electron chi connectivity index (χ1n) is 19.0. The fourth-order valence-electron chi connectivity index (χ4n) is 9.94. The molecule has 4 heterocycles. The smallest absolute Gasteiger partial charge is 0.508 e. The monoisotopic (exact) mass is 844 g/mol. The summed E-state index contributed by atoms with van der Waals surface area (Å²) in [6.07, 6.45) is -2.90. The van der Waals surface area contributed by atoms with Crippen molar-refractivity contribution in [1.82, 2.24) is 14.7 Å². The first kappa shape index (κ1) is 38.8. The standard InChI is InChI=1S/C43H36ClF3N4O7S/c1-20-27-16-22(44)6-13-33(27)59-37(20)31-19-34(49(3)48-31)51-39(55)30-18-28-25(36(42(30,2)41(51)57)29-17-24(9-12-32(29)53)58-43(45,46)47)10-11-26-35(28)40(56)50(38(26)54)15-14-21-4-7-23(52)8-5-21/h4-10,12-13,16-17,19,26,28,30,35-36,52-53H,11,14-15,18H2,1-3H3. The fraction of sp³-hybridized carbons (Fsp3) is 0.326. The Kier molecular flexibility index (Phi) is 9.01. The number of hydrogen-bond acceptors (Lipinski definition) is 9. The van der Waals surface area contributed by atoms with Gasteiger partial charge in [-0.25, -0.2) is 4.90 Å². The summed E-state index contributed by atoms with van der Waals surface area (Å²) >= 11 is 7.77. The van der Waals surface area contributed by atoms with Gasteiger partial charge in [0.2, 0.25) is 23.6 Å². The Labute approximate surface area is 344 Å². The number of carbonyl (C=O) groups excluding carboxylic acids is 4. The average molecular weight is 845 g/mol. The Morgan fingerprint density at radius 2 is 1.71 bits per heavy atom. The van der Waals surface area contributed by atoms with E-state index in [0.29, 0.717) is 22.7 Å². The molecule has 59 heavy (non-hydrogen) atoms. The summed E-state index contributed by atoms with van der Waals surface area (Å²) in [4.78, 5) is 61.4. The van der Waals surface area contributed by atoms with Gasteiger partial charge in [-0.3, -0.25) is 28.8 Å². The quantitative estimate of drug-likeness (QED) is 0.124. The molecule has 4 amide bonds. The molecule has 4 aliphatic rings. The number of phenolic OH excluding ortho intramolecular Hbond substituents is 2. The van der Waals surface area contributed by atoms with Gasteiger partial charge in [-0.2, -0.15) is 5.10 Å². The molecular formula is C43H36ClF3N4O7S. The molecule has 1 saturated carbocycles. The molecule has 6 unspecified atom stereocenters. The second-order valence-corrected chi connectivity index (χ2v) is 17.4. The molecule has 2 aliphatic carbocycles. The topological polar surface area (TPSA) is 142 Å². The van der Waals surface area contributed by atoms with E-state index in [-0.39, 0.29) is 42.4 Å². The SMILES string of the molecule is Cc1c(-c2cc(N3C(=O)C4CC5C(=CCC6C(=O)N(CCc7ccc(O)cc7)C(=O)C65)C(c5cc(OC(F)(F)F)ccc5O)C4(C)C3=O)n(C)n2)sc2ccc(Cl)cc12. The normalized spacial score (nSPS) is 25.4. The molecule has 16 heteroatoms. The molecule has 5 aromatic rings. The van der Waals surface area contributed by atoms with Crippen LogP contribution in [0, 0.1) is 36.0 Å². The van der Waals surface area contributed by atoms with Crippen LogP contribution < -0.4 is 9.64 Å². The number of aryl methyl sites for hydroxylation is 2. The van der Waals surface area contributed by atoms with Gasteiger partial charge in [-0.15, -0.1) is 24.5 Å². The van der Waals surface area contributed by atoms with Crippen LogP contribution in [0.4, 0.5) is 19.0 Å². The lowest BCUT2D eigenvalue weighted by molar-refractivity contribution is -0.274. The number of thiophene rings is 1. The van der Waals surface area contributed by atoms with Crippen molar-refractivity contribution in [3.05, 3.63) is 100 Å². The maximum atomic E-state index is 15.1. The van der Waals surface area contributed by atoms with Crippen molar-refractivity contribution in [3.63, 3.8) is 0 Å². The third kappa shape index (κ3) is 6.11.